The molecule has 1 fully saturated rings. The van der Waals surface area contributed by atoms with E-state index in [1.165, 1.54) is 6.42 Å². The molecule has 0 saturated carbocycles. The normalized spacial score (nSPS) is 33.4. The average molecular weight is 237 g/mol. The summed E-state index contributed by atoms with van der Waals surface area (Å²) in [5.74, 6) is 0.537. The lowest BCUT2D eigenvalue weighted by Crippen LogP contribution is -2.57. The second-order valence-electron chi connectivity index (χ2n) is 6.42. The Hall–Kier alpha value is -0.990. The number of rotatable bonds is 0. The predicted molar refractivity (Wildman–Crippen MR) is 68.0 cm³/mol. The third kappa shape index (κ3) is 2.33. The van der Waals surface area contributed by atoms with Crippen LogP contribution in [0.25, 0.3) is 0 Å². The van der Waals surface area contributed by atoms with Crippen molar-refractivity contribution in [2.75, 3.05) is 0 Å². The van der Waals surface area contributed by atoms with Crippen LogP contribution in [0.1, 0.15) is 46.5 Å². The largest absolute Gasteiger partial charge is 0.465 e. The van der Waals surface area contributed by atoms with Gasteiger partial charge in [0.25, 0.3) is 0 Å². The molecule has 0 aromatic rings. The van der Waals surface area contributed by atoms with Crippen molar-refractivity contribution < 1.29 is 9.90 Å². The molecule has 2 aliphatic rings. The van der Waals surface area contributed by atoms with Crippen molar-refractivity contribution in [3.63, 3.8) is 0 Å². The third-order valence-corrected chi connectivity index (χ3v) is 4.25. The molecule has 1 N–H and O–H groups in total. The van der Waals surface area contributed by atoms with Gasteiger partial charge in [0.2, 0.25) is 0 Å². The van der Waals surface area contributed by atoms with Crippen LogP contribution in [-0.4, -0.2) is 28.2 Å². The van der Waals surface area contributed by atoms with Crippen molar-refractivity contribution >= 4 is 6.09 Å². The molecule has 0 aromatic carbocycles. The minimum atomic E-state index is -0.741. The summed E-state index contributed by atoms with van der Waals surface area (Å²) in [6, 6.07) is 0.364. The van der Waals surface area contributed by atoms with Crippen molar-refractivity contribution in [3.05, 3.63) is 12.2 Å². The second-order valence-corrected chi connectivity index (χ2v) is 6.42. The lowest BCUT2D eigenvalue weighted by Gasteiger charge is -2.50. The zero-order valence-electron chi connectivity index (χ0n) is 11.0. The Bertz CT molecular complexity index is 330. The number of carbonyl (C=O) groups is 1. The van der Waals surface area contributed by atoms with Crippen LogP contribution in [0.15, 0.2) is 12.2 Å². The number of hydrogen-bond acceptors (Lipinski definition) is 1. The molecule has 1 amide bonds. The number of allylic oxidation sites excluding steroid dienone is 1. The van der Waals surface area contributed by atoms with E-state index in [0.29, 0.717) is 5.92 Å². The summed E-state index contributed by atoms with van der Waals surface area (Å²) in [5.41, 5.74) is 0.0323. The summed E-state index contributed by atoms with van der Waals surface area (Å²) in [4.78, 5) is 13.3. The van der Waals surface area contributed by atoms with Gasteiger partial charge in [0.05, 0.1) is 0 Å². The molecule has 1 saturated heterocycles. The van der Waals surface area contributed by atoms with E-state index in [2.05, 4.69) is 32.9 Å². The van der Waals surface area contributed by atoms with Crippen molar-refractivity contribution in [3.8, 4) is 0 Å². The van der Waals surface area contributed by atoms with Crippen LogP contribution in [0, 0.1) is 11.3 Å². The number of piperidine rings is 1. The van der Waals surface area contributed by atoms with Crippen LogP contribution in [0.3, 0.4) is 0 Å². The molecule has 3 atom stereocenters. The van der Waals surface area contributed by atoms with E-state index in [-0.39, 0.29) is 17.5 Å². The average Bonchev–Trinajstić information content (AvgIpc) is 2.26. The molecule has 17 heavy (non-hydrogen) atoms. The molecule has 96 valence electrons. The van der Waals surface area contributed by atoms with Gasteiger partial charge >= 0.3 is 6.09 Å². The maximum absolute atomic E-state index is 11.6. The van der Waals surface area contributed by atoms with Gasteiger partial charge in [-0.25, -0.2) is 4.79 Å². The van der Waals surface area contributed by atoms with Crippen LogP contribution in [-0.2, 0) is 0 Å². The topological polar surface area (TPSA) is 40.5 Å². The van der Waals surface area contributed by atoms with Crippen molar-refractivity contribution in [2.24, 2.45) is 11.3 Å². The Balaban J connectivity index is 2.26. The Morgan fingerprint density at radius 1 is 1.24 bits per heavy atom. The van der Waals surface area contributed by atoms with Gasteiger partial charge in [-0.05, 0) is 37.0 Å². The summed E-state index contributed by atoms with van der Waals surface area (Å²) in [7, 11) is 0. The maximum atomic E-state index is 11.6. The number of fused-ring (bicyclic) bond motifs is 1. The van der Waals surface area contributed by atoms with E-state index in [0.717, 1.165) is 19.3 Å². The molecule has 1 heterocycles. The van der Waals surface area contributed by atoms with Gasteiger partial charge in [-0.15, -0.1) is 0 Å². The zero-order chi connectivity index (χ0) is 12.6. The van der Waals surface area contributed by atoms with Crippen LogP contribution >= 0.6 is 0 Å². The molecule has 1 aliphatic heterocycles. The standard InChI is InChI=1S/C14H23NO2/c1-14(2,3)12-9-8-10-6-4-5-7-11(10)15(12)13(16)17/h4-5,10-12H,6-9H2,1-3H3,(H,16,17)/t10-,11?,12+/m1/s1. The van der Waals surface area contributed by atoms with Crippen LogP contribution in [0.2, 0.25) is 0 Å². The van der Waals surface area contributed by atoms with E-state index >= 15 is 0 Å². The molecule has 3 nitrogen and oxygen atoms in total. The number of nitrogens with zero attached hydrogens (tertiary/aromatic N) is 1. The molecule has 2 rings (SSSR count). The number of likely N-dealkylation sites (tertiary alicyclic amines) is 1. The Labute approximate surface area is 103 Å². The first-order valence-electron chi connectivity index (χ1n) is 6.57. The van der Waals surface area contributed by atoms with E-state index in [9.17, 15) is 9.90 Å². The Morgan fingerprint density at radius 2 is 1.88 bits per heavy atom. The first-order valence-corrected chi connectivity index (χ1v) is 6.57. The number of hydrogen-bond donors (Lipinski definition) is 1. The van der Waals surface area contributed by atoms with Gasteiger partial charge in [0, 0.05) is 12.1 Å². The lowest BCUT2D eigenvalue weighted by atomic mass is 9.73. The van der Waals surface area contributed by atoms with E-state index in [4.69, 9.17) is 0 Å². The summed E-state index contributed by atoms with van der Waals surface area (Å²) in [6.07, 6.45) is 7.72. The minimum Gasteiger partial charge on any atom is -0.465 e. The Kier molecular flexibility index (Phi) is 3.19. The highest BCUT2D eigenvalue weighted by molar-refractivity contribution is 5.66. The van der Waals surface area contributed by atoms with Crippen molar-refractivity contribution in [1.82, 2.24) is 4.90 Å². The first-order chi connectivity index (χ1) is 7.91. The minimum absolute atomic E-state index is 0.0323. The highest BCUT2D eigenvalue weighted by Crippen LogP contribution is 2.41. The van der Waals surface area contributed by atoms with Gasteiger partial charge < -0.3 is 10.0 Å². The fraction of sp³-hybridized carbons (Fsp3) is 0.786. The molecule has 0 bridgehead atoms. The molecule has 0 aromatic heterocycles. The van der Waals surface area contributed by atoms with Crippen molar-refractivity contribution in [2.45, 2.75) is 58.5 Å². The van der Waals surface area contributed by atoms with Crippen LogP contribution in [0.5, 0.6) is 0 Å². The highest BCUT2D eigenvalue weighted by atomic mass is 16.4. The zero-order valence-corrected chi connectivity index (χ0v) is 11.0. The summed E-state index contributed by atoms with van der Waals surface area (Å²) in [6.45, 7) is 6.44. The highest BCUT2D eigenvalue weighted by Gasteiger charge is 2.44. The van der Waals surface area contributed by atoms with Crippen molar-refractivity contribution in [1.29, 1.82) is 0 Å². The van der Waals surface area contributed by atoms with Gasteiger partial charge in [-0.3, -0.25) is 0 Å². The third-order valence-electron chi connectivity index (χ3n) is 4.25. The molecule has 0 radical (unpaired) electrons. The summed E-state index contributed by atoms with van der Waals surface area (Å²) >= 11 is 0. The number of amides is 1. The fourth-order valence-electron chi connectivity index (χ4n) is 3.37. The molecule has 3 heteroatoms. The number of carboxylic acid groups (broad SMARTS) is 1. The quantitative estimate of drug-likeness (QED) is 0.655. The molecule has 1 unspecified atom stereocenters. The smallest absolute Gasteiger partial charge is 0.407 e. The van der Waals surface area contributed by atoms with E-state index < -0.39 is 6.09 Å². The van der Waals surface area contributed by atoms with Crippen LogP contribution < -0.4 is 0 Å². The maximum Gasteiger partial charge on any atom is 0.407 e. The van der Waals surface area contributed by atoms with E-state index in [1.807, 2.05) is 0 Å². The SMILES string of the molecule is CC(C)(C)[C@@H]1CC[C@H]2CC=CCC2N1C(=O)O. The molecule has 0 spiro atoms. The van der Waals surface area contributed by atoms with Gasteiger partial charge in [-0.1, -0.05) is 32.9 Å². The lowest BCUT2D eigenvalue weighted by molar-refractivity contribution is -0.00155. The molecular formula is C14H23NO2. The van der Waals surface area contributed by atoms with Gasteiger partial charge in [0.15, 0.2) is 0 Å². The van der Waals surface area contributed by atoms with E-state index in [1.54, 1.807) is 4.90 Å². The summed E-state index contributed by atoms with van der Waals surface area (Å²) < 4.78 is 0. The fourth-order valence-corrected chi connectivity index (χ4v) is 3.37. The molecular weight excluding hydrogens is 214 g/mol. The van der Waals surface area contributed by atoms with Gasteiger partial charge in [-0.2, -0.15) is 0 Å². The van der Waals surface area contributed by atoms with Crippen LogP contribution in [0.4, 0.5) is 4.79 Å². The second kappa shape index (κ2) is 4.35. The monoisotopic (exact) mass is 237 g/mol. The first kappa shape index (κ1) is 12.5. The Morgan fingerprint density at radius 3 is 2.47 bits per heavy atom. The molecule has 1 aliphatic carbocycles. The van der Waals surface area contributed by atoms with Gasteiger partial charge in [0.1, 0.15) is 0 Å². The predicted octanol–water partition coefficient (Wildman–Crippen LogP) is 3.51. The summed E-state index contributed by atoms with van der Waals surface area (Å²) in [5, 5.41) is 9.51.